The summed E-state index contributed by atoms with van der Waals surface area (Å²) in [5.74, 6) is -0.180. The van der Waals surface area contributed by atoms with Crippen molar-refractivity contribution in [1.82, 2.24) is 10.2 Å². The molecule has 0 aliphatic heterocycles. The van der Waals surface area contributed by atoms with Crippen molar-refractivity contribution in [3.8, 4) is 5.75 Å². The monoisotopic (exact) mass is 701 g/mol. The fourth-order valence-corrected chi connectivity index (χ4v) is 7.67. The van der Waals surface area contributed by atoms with E-state index in [9.17, 15) is 18.0 Å². The number of nitrogens with zero attached hydrogens (tertiary/aromatic N) is 2. The molecule has 10 heteroatoms. The Labute approximate surface area is 295 Å². The first-order valence-corrected chi connectivity index (χ1v) is 18.7. The number of halogens is 1. The smallest absolute Gasteiger partial charge is 0.264 e. The average Bonchev–Trinajstić information content (AvgIpc) is 3.11. The first-order valence-electron chi connectivity index (χ1n) is 16.8. The molecular formula is C39H44ClN3O5S. The number of benzene rings is 4. The van der Waals surface area contributed by atoms with Crippen LogP contribution in [0.25, 0.3) is 0 Å². The lowest BCUT2D eigenvalue weighted by atomic mass is 9.94. The Hall–Kier alpha value is -4.34. The van der Waals surface area contributed by atoms with Gasteiger partial charge in [-0.3, -0.25) is 13.9 Å². The molecule has 5 rings (SSSR count). The van der Waals surface area contributed by atoms with Gasteiger partial charge in [0.2, 0.25) is 11.8 Å². The summed E-state index contributed by atoms with van der Waals surface area (Å²) in [6, 6.07) is 29.0. The molecule has 1 N–H and O–H groups in total. The molecular weight excluding hydrogens is 658 g/mol. The summed E-state index contributed by atoms with van der Waals surface area (Å²) in [5, 5.41) is 3.63. The average molecular weight is 702 g/mol. The van der Waals surface area contributed by atoms with Gasteiger partial charge in [0.15, 0.2) is 0 Å². The fraction of sp³-hybridized carbons (Fsp3) is 0.333. The summed E-state index contributed by atoms with van der Waals surface area (Å²) < 4.78 is 35.2. The predicted molar refractivity (Wildman–Crippen MR) is 194 cm³/mol. The second-order valence-electron chi connectivity index (χ2n) is 12.4. The van der Waals surface area contributed by atoms with E-state index in [1.807, 2.05) is 68.4 Å². The van der Waals surface area contributed by atoms with Crippen LogP contribution in [0.15, 0.2) is 108 Å². The third-order valence-electron chi connectivity index (χ3n) is 8.81. The van der Waals surface area contributed by atoms with Crippen molar-refractivity contribution in [3.63, 3.8) is 0 Å². The van der Waals surface area contributed by atoms with Gasteiger partial charge >= 0.3 is 0 Å². The van der Waals surface area contributed by atoms with Crippen LogP contribution < -0.4 is 14.4 Å². The van der Waals surface area contributed by atoms with E-state index in [0.29, 0.717) is 17.4 Å². The van der Waals surface area contributed by atoms with Crippen LogP contribution in [0.5, 0.6) is 5.75 Å². The lowest BCUT2D eigenvalue weighted by Crippen LogP contribution is -2.55. The molecule has 258 valence electrons. The molecule has 1 saturated carbocycles. The van der Waals surface area contributed by atoms with Gasteiger partial charge in [-0.25, -0.2) is 8.42 Å². The third kappa shape index (κ3) is 9.64. The Morgan fingerprint density at radius 1 is 0.857 bits per heavy atom. The van der Waals surface area contributed by atoms with Gasteiger partial charge in [0, 0.05) is 24.0 Å². The molecule has 49 heavy (non-hydrogen) atoms. The normalized spacial score (nSPS) is 14.1. The van der Waals surface area contributed by atoms with Crippen LogP contribution in [0.4, 0.5) is 5.69 Å². The second kappa shape index (κ2) is 16.9. The number of rotatable bonds is 14. The Bertz CT molecular complexity index is 1780. The molecule has 2 amide bonds. The SMILES string of the molecule is CCOc1ccc(N(CC(=O)N(Cc2ccc(C)cc2)[C@@H](Cc2ccccc2)C(=O)NC2CCCCC2)S(=O)(=O)c2ccc(Cl)cc2)cc1. The summed E-state index contributed by atoms with van der Waals surface area (Å²) in [7, 11) is -4.24. The van der Waals surface area contributed by atoms with Crippen molar-refractivity contribution in [2.24, 2.45) is 0 Å². The predicted octanol–water partition coefficient (Wildman–Crippen LogP) is 7.33. The summed E-state index contributed by atoms with van der Waals surface area (Å²) in [6.45, 7) is 3.88. The minimum atomic E-state index is -4.24. The summed E-state index contributed by atoms with van der Waals surface area (Å²) >= 11 is 6.10. The Kier molecular flexibility index (Phi) is 12.4. The number of nitrogens with one attached hydrogen (secondary N) is 1. The number of hydrogen-bond donors (Lipinski definition) is 1. The second-order valence-corrected chi connectivity index (χ2v) is 14.7. The number of sulfonamides is 1. The molecule has 0 radical (unpaired) electrons. The zero-order valence-electron chi connectivity index (χ0n) is 28.1. The van der Waals surface area contributed by atoms with Gasteiger partial charge in [-0.05, 0) is 86.3 Å². The maximum absolute atomic E-state index is 14.7. The standard InChI is InChI=1S/C39H44ClN3O5S/c1-3-48-35-22-20-34(21-23-35)43(49(46,47)36-24-18-32(40)19-25-36)28-38(44)42(27-31-16-14-29(2)15-17-31)37(26-30-10-6-4-7-11-30)39(45)41-33-12-8-5-9-13-33/h4,6-7,10-11,14-25,33,37H,3,5,8-9,12-13,26-28H2,1-2H3,(H,41,45)/t37-/m0/s1. The van der Waals surface area contributed by atoms with Gasteiger partial charge in [-0.1, -0.05) is 91.0 Å². The molecule has 0 bridgehead atoms. The van der Waals surface area contributed by atoms with Gasteiger partial charge in [0.1, 0.15) is 18.3 Å². The van der Waals surface area contributed by atoms with E-state index in [1.165, 1.54) is 29.2 Å². The van der Waals surface area contributed by atoms with E-state index in [-0.39, 0.29) is 35.5 Å². The number of anilines is 1. The van der Waals surface area contributed by atoms with Gasteiger partial charge in [0.25, 0.3) is 10.0 Å². The highest BCUT2D eigenvalue weighted by Crippen LogP contribution is 2.28. The van der Waals surface area contributed by atoms with E-state index < -0.39 is 28.5 Å². The fourth-order valence-electron chi connectivity index (χ4n) is 6.13. The number of carbonyl (C=O) groups excluding carboxylic acids is 2. The molecule has 1 fully saturated rings. The molecule has 0 saturated heterocycles. The van der Waals surface area contributed by atoms with Crippen molar-refractivity contribution in [3.05, 3.63) is 125 Å². The van der Waals surface area contributed by atoms with Gasteiger partial charge < -0.3 is 15.0 Å². The highest BCUT2D eigenvalue weighted by atomic mass is 35.5. The number of hydrogen-bond acceptors (Lipinski definition) is 5. The Balaban J connectivity index is 1.56. The summed E-state index contributed by atoms with van der Waals surface area (Å²) in [4.78, 5) is 30.5. The highest BCUT2D eigenvalue weighted by Gasteiger charge is 2.35. The van der Waals surface area contributed by atoms with E-state index in [4.69, 9.17) is 16.3 Å². The van der Waals surface area contributed by atoms with Crippen molar-refractivity contribution >= 4 is 39.1 Å². The van der Waals surface area contributed by atoms with E-state index in [0.717, 1.165) is 53.1 Å². The molecule has 0 spiro atoms. The van der Waals surface area contributed by atoms with Crippen LogP contribution in [-0.4, -0.2) is 50.4 Å². The van der Waals surface area contributed by atoms with Crippen LogP contribution in [0.1, 0.15) is 55.7 Å². The molecule has 0 heterocycles. The quantitative estimate of drug-likeness (QED) is 0.149. The van der Waals surface area contributed by atoms with Crippen molar-refractivity contribution in [1.29, 1.82) is 0 Å². The number of ether oxygens (including phenoxy) is 1. The maximum Gasteiger partial charge on any atom is 0.264 e. The van der Waals surface area contributed by atoms with Gasteiger partial charge in [0.05, 0.1) is 17.2 Å². The number of carbonyl (C=O) groups is 2. The first kappa shape index (κ1) is 36.0. The van der Waals surface area contributed by atoms with Crippen molar-refractivity contribution in [2.75, 3.05) is 17.5 Å². The minimum absolute atomic E-state index is 0.0143. The lowest BCUT2D eigenvalue weighted by Gasteiger charge is -2.35. The van der Waals surface area contributed by atoms with Crippen LogP contribution in [0.2, 0.25) is 5.02 Å². The molecule has 0 aromatic heterocycles. The van der Waals surface area contributed by atoms with Crippen LogP contribution in [-0.2, 0) is 32.6 Å². The Morgan fingerprint density at radius 2 is 1.51 bits per heavy atom. The lowest BCUT2D eigenvalue weighted by molar-refractivity contribution is -0.140. The van der Waals surface area contributed by atoms with Crippen LogP contribution in [0.3, 0.4) is 0 Å². The number of aryl methyl sites for hydroxylation is 1. The summed E-state index contributed by atoms with van der Waals surface area (Å²) in [5.41, 5.74) is 3.07. The molecule has 1 aliphatic carbocycles. The van der Waals surface area contributed by atoms with Crippen molar-refractivity contribution < 1.29 is 22.7 Å². The zero-order valence-corrected chi connectivity index (χ0v) is 29.6. The highest BCUT2D eigenvalue weighted by molar-refractivity contribution is 7.92. The van der Waals surface area contributed by atoms with E-state index >= 15 is 0 Å². The van der Waals surface area contributed by atoms with Crippen molar-refractivity contribution in [2.45, 2.75) is 75.9 Å². The van der Waals surface area contributed by atoms with E-state index in [1.54, 1.807) is 24.3 Å². The maximum atomic E-state index is 14.7. The van der Waals surface area contributed by atoms with Crippen LogP contribution >= 0.6 is 11.6 Å². The van der Waals surface area contributed by atoms with Crippen LogP contribution in [0, 0.1) is 6.92 Å². The molecule has 4 aromatic carbocycles. The molecule has 4 aromatic rings. The molecule has 0 unspecified atom stereocenters. The van der Waals surface area contributed by atoms with E-state index in [2.05, 4.69) is 5.32 Å². The zero-order chi connectivity index (χ0) is 34.8. The minimum Gasteiger partial charge on any atom is -0.494 e. The first-order chi connectivity index (χ1) is 23.6. The number of amides is 2. The van der Waals surface area contributed by atoms with Gasteiger partial charge in [-0.15, -0.1) is 0 Å². The van der Waals surface area contributed by atoms with Gasteiger partial charge in [-0.2, -0.15) is 0 Å². The third-order valence-corrected chi connectivity index (χ3v) is 10.9. The molecule has 1 atom stereocenters. The molecule has 1 aliphatic rings. The topological polar surface area (TPSA) is 96.0 Å². The largest absolute Gasteiger partial charge is 0.494 e. The Morgan fingerprint density at radius 3 is 2.14 bits per heavy atom. The molecule has 8 nitrogen and oxygen atoms in total. The summed E-state index contributed by atoms with van der Waals surface area (Å²) in [6.07, 6.45) is 5.27.